The van der Waals surface area contributed by atoms with E-state index < -0.39 is 0 Å². The maximum atomic E-state index is 4.15. The average Bonchev–Trinajstić information content (AvgIpc) is 2.36. The van der Waals surface area contributed by atoms with Gasteiger partial charge in [0.2, 0.25) is 0 Å². The largest absolute Gasteiger partial charge is 0.368 e. The Morgan fingerprint density at radius 3 is 1.89 bits per heavy atom. The number of hydrogen-bond donors (Lipinski definition) is 1. The van der Waals surface area contributed by atoms with Gasteiger partial charge in [-0.1, -0.05) is 70.1 Å². The quantitative estimate of drug-likeness (QED) is 0.343. The molecule has 18 heavy (non-hydrogen) atoms. The average molecular weight is 339 g/mol. The second kappa shape index (κ2) is 17.3. The second-order valence-electron chi connectivity index (χ2n) is 4.46. The van der Waals surface area contributed by atoms with Crippen LogP contribution in [-0.2, 0) is 0 Å². The molecule has 4 heteroatoms. The van der Waals surface area contributed by atoms with E-state index >= 15 is 0 Å². The van der Waals surface area contributed by atoms with Crippen molar-refractivity contribution in [3.63, 3.8) is 0 Å². The van der Waals surface area contributed by atoms with Crippen molar-refractivity contribution in [3.8, 4) is 0 Å². The topological polar surface area (TPSA) is 24.4 Å². The van der Waals surface area contributed by atoms with Crippen LogP contribution >= 0.6 is 28.7 Å². The van der Waals surface area contributed by atoms with Crippen LogP contribution in [0.25, 0.3) is 0 Å². The first kappa shape index (κ1) is 20.6. The molecule has 1 N–H and O–H groups in total. The number of nitrogens with one attached hydrogen (secondary N) is 1. The fraction of sp³-hybridized carbons (Fsp3) is 0.929. The van der Waals surface area contributed by atoms with Gasteiger partial charge in [0, 0.05) is 19.8 Å². The molecule has 0 saturated carbocycles. The van der Waals surface area contributed by atoms with Gasteiger partial charge in [-0.25, -0.2) is 0 Å². The van der Waals surface area contributed by atoms with Crippen LogP contribution in [0.2, 0.25) is 0 Å². The van der Waals surface area contributed by atoms with Crippen molar-refractivity contribution in [2.75, 3.05) is 19.8 Å². The monoisotopic (exact) mass is 338 g/mol. The van der Waals surface area contributed by atoms with E-state index in [-0.39, 0.29) is 17.0 Å². The number of halogens is 1. The van der Waals surface area contributed by atoms with Crippen molar-refractivity contribution in [1.82, 2.24) is 5.32 Å². The lowest BCUT2D eigenvalue weighted by atomic mass is 10.1. The summed E-state index contributed by atoms with van der Waals surface area (Å²) in [4.78, 5) is 4.15. The van der Waals surface area contributed by atoms with Gasteiger partial charge in [-0.15, -0.1) is 17.0 Å². The first-order valence-electron chi connectivity index (χ1n) is 7.12. The summed E-state index contributed by atoms with van der Waals surface area (Å²) in [5.41, 5.74) is 0. The molecule has 0 aromatic heterocycles. The van der Waals surface area contributed by atoms with Gasteiger partial charge in [-0.3, -0.25) is 4.99 Å². The Bertz CT molecular complexity index is 187. The molecule has 0 amide bonds. The highest BCUT2D eigenvalue weighted by Crippen LogP contribution is 2.12. The van der Waals surface area contributed by atoms with Gasteiger partial charge in [-0.2, -0.15) is 0 Å². The van der Waals surface area contributed by atoms with Crippen molar-refractivity contribution in [1.29, 1.82) is 0 Å². The van der Waals surface area contributed by atoms with Crippen LogP contribution in [0.3, 0.4) is 0 Å². The standard InChI is InChI=1S/C14H30N2S.BrH/c1-4-5-6-7-8-9-10-11-12-13-17-14(15-2)16-3;/h4-13H2,1-3H3,(H,15,16);1H. The highest BCUT2D eigenvalue weighted by Gasteiger charge is 1.96. The van der Waals surface area contributed by atoms with Crippen molar-refractivity contribution < 1.29 is 0 Å². The van der Waals surface area contributed by atoms with Gasteiger partial charge in [-0.05, 0) is 6.42 Å². The number of unbranched alkanes of at least 4 members (excludes halogenated alkanes) is 8. The van der Waals surface area contributed by atoms with Gasteiger partial charge in [0.1, 0.15) is 0 Å². The molecule has 2 nitrogen and oxygen atoms in total. The van der Waals surface area contributed by atoms with E-state index in [0.29, 0.717) is 0 Å². The van der Waals surface area contributed by atoms with Crippen molar-refractivity contribution >= 4 is 33.9 Å². The van der Waals surface area contributed by atoms with E-state index in [2.05, 4.69) is 17.2 Å². The maximum absolute atomic E-state index is 4.15. The number of rotatable bonds is 10. The highest BCUT2D eigenvalue weighted by atomic mass is 79.9. The summed E-state index contributed by atoms with van der Waals surface area (Å²) in [6.45, 7) is 2.27. The molecule has 0 fully saturated rings. The van der Waals surface area contributed by atoms with E-state index in [4.69, 9.17) is 0 Å². The first-order chi connectivity index (χ1) is 8.35. The molecule has 0 aliphatic carbocycles. The van der Waals surface area contributed by atoms with Crippen molar-refractivity contribution in [2.24, 2.45) is 4.99 Å². The van der Waals surface area contributed by atoms with Gasteiger partial charge in [0.15, 0.2) is 5.17 Å². The summed E-state index contributed by atoms with van der Waals surface area (Å²) in [7, 11) is 3.78. The Balaban J connectivity index is 0. The number of hydrogen-bond acceptors (Lipinski definition) is 2. The predicted molar refractivity (Wildman–Crippen MR) is 92.4 cm³/mol. The van der Waals surface area contributed by atoms with Gasteiger partial charge < -0.3 is 5.32 Å². The fourth-order valence-corrected chi connectivity index (χ4v) is 2.65. The van der Waals surface area contributed by atoms with E-state index in [1.807, 2.05) is 25.9 Å². The molecule has 110 valence electrons. The minimum absolute atomic E-state index is 0. The van der Waals surface area contributed by atoms with Crippen LogP contribution in [0.4, 0.5) is 0 Å². The van der Waals surface area contributed by atoms with E-state index in [1.54, 1.807) is 0 Å². The van der Waals surface area contributed by atoms with Gasteiger partial charge >= 0.3 is 0 Å². The third-order valence-corrected chi connectivity index (χ3v) is 4.06. The Morgan fingerprint density at radius 1 is 0.944 bits per heavy atom. The molecular formula is C14H31BrN2S. The first-order valence-corrected chi connectivity index (χ1v) is 8.11. The Morgan fingerprint density at radius 2 is 1.44 bits per heavy atom. The minimum Gasteiger partial charge on any atom is -0.368 e. The van der Waals surface area contributed by atoms with E-state index in [0.717, 1.165) is 5.17 Å². The molecule has 0 spiro atoms. The molecular weight excluding hydrogens is 308 g/mol. The minimum atomic E-state index is 0. The summed E-state index contributed by atoms with van der Waals surface area (Å²) in [5.74, 6) is 1.20. The molecule has 0 aliphatic heterocycles. The van der Waals surface area contributed by atoms with Crippen LogP contribution in [0.5, 0.6) is 0 Å². The molecule has 0 unspecified atom stereocenters. The highest BCUT2D eigenvalue weighted by molar-refractivity contribution is 8.93. The molecule has 0 saturated heterocycles. The van der Waals surface area contributed by atoms with Crippen LogP contribution in [0.1, 0.15) is 64.7 Å². The molecule has 0 aromatic rings. The van der Waals surface area contributed by atoms with E-state index in [1.165, 1.54) is 63.5 Å². The Hall–Kier alpha value is 0.300. The molecule has 0 bridgehead atoms. The lowest BCUT2D eigenvalue weighted by Crippen LogP contribution is -2.14. The second-order valence-corrected chi connectivity index (χ2v) is 5.54. The van der Waals surface area contributed by atoms with Crippen molar-refractivity contribution in [2.45, 2.75) is 64.7 Å². The maximum Gasteiger partial charge on any atom is 0.156 e. The predicted octanol–water partition coefficient (Wildman–Crippen LogP) is 5.03. The zero-order valence-corrected chi connectivity index (χ0v) is 14.9. The summed E-state index contributed by atoms with van der Waals surface area (Å²) >= 11 is 1.84. The fourth-order valence-electron chi connectivity index (χ4n) is 1.83. The van der Waals surface area contributed by atoms with Crippen LogP contribution in [0, 0.1) is 0 Å². The lowest BCUT2D eigenvalue weighted by molar-refractivity contribution is 0.573. The summed E-state index contributed by atoms with van der Waals surface area (Å²) in [5, 5.41) is 4.16. The third-order valence-electron chi connectivity index (χ3n) is 2.90. The summed E-state index contributed by atoms with van der Waals surface area (Å²) in [6, 6.07) is 0. The number of amidine groups is 1. The number of aliphatic imine (C=N–C) groups is 1. The molecule has 0 radical (unpaired) electrons. The van der Waals surface area contributed by atoms with Gasteiger partial charge in [0.05, 0.1) is 0 Å². The van der Waals surface area contributed by atoms with Crippen molar-refractivity contribution in [3.05, 3.63) is 0 Å². The molecule has 0 rings (SSSR count). The van der Waals surface area contributed by atoms with Crippen LogP contribution in [-0.4, -0.2) is 25.0 Å². The lowest BCUT2D eigenvalue weighted by Gasteiger charge is -2.04. The Labute approximate surface area is 129 Å². The molecule has 0 aromatic carbocycles. The third kappa shape index (κ3) is 14.4. The summed E-state index contributed by atoms with van der Waals surface area (Å²) < 4.78 is 0. The zero-order valence-electron chi connectivity index (χ0n) is 12.3. The van der Waals surface area contributed by atoms with Crippen LogP contribution < -0.4 is 5.32 Å². The SMILES string of the molecule is Br.CCCCCCCCCCCSC(=NC)NC. The number of thioether (sulfide) groups is 1. The zero-order chi connectivity index (χ0) is 12.8. The molecule has 0 atom stereocenters. The Kier molecular flexibility index (Phi) is 19.8. The normalized spacial score (nSPS) is 11.2. The van der Waals surface area contributed by atoms with Gasteiger partial charge in [0.25, 0.3) is 0 Å². The van der Waals surface area contributed by atoms with Crippen LogP contribution in [0.15, 0.2) is 4.99 Å². The molecule has 0 aliphatic rings. The summed E-state index contributed by atoms with van der Waals surface area (Å²) in [6.07, 6.45) is 12.6. The molecule has 0 heterocycles. The smallest absolute Gasteiger partial charge is 0.156 e. The number of nitrogens with zero attached hydrogens (tertiary/aromatic N) is 1. The van der Waals surface area contributed by atoms with E-state index in [9.17, 15) is 0 Å².